The molecule has 0 saturated heterocycles. The zero-order valence-electron chi connectivity index (χ0n) is 11.4. The lowest BCUT2D eigenvalue weighted by Gasteiger charge is -2.32. The molecule has 3 nitrogen and oxygen atoms in total. The highest BCUT2D eigenvalue weighted by molar-refractivity contribution is 5.47. The lowest BCUT2D eigenvalue weighted by molar-refractivity contribution is 0.250. The molecule has 0 aromatic carbocycles. The minimum Gasteiger partial charge on any atom is -0.326 e. The minimum absolute atomic E-state index is 0.593. The average Bonchev–Trinajstić information content (AvgIpc) is 3.03. The third kappa shape index (κ3) is 1.71. The minimum atomic E-state index is 0.593. The predicted molar refractivity (Wildman–Crippen MR) is 76.0 cm³/mol. The number of nitrogens with zero attached hydrogens (tertiary/aromatic N) is 2. The fourth-order valence-electron chi connectivity index (χ4n) is 4.08. The van der Waals surface area contributed by atoms with Crippen molar-refractivity contribution in [3.8, 4) is 0 Å². The van der Waals surface area contributed by atoms with Crippen molar-refractivity contribution in [1.82, 2.24) is 9.38 Å². The summed E-state index contributed by atoms with van der Waals surface area (Å²) in [5, 5.41) is 0. The summed E-state index contributed by atoms with van der Waals surface area (Å²) in [7, 11) is 0. The summed E-state index contributed by atoms with van der Waals surface area (Å²) in [6.45, 7) is 0.595. The van der Waals surface area contributed by atoms with Gasteiger partial charge in [0.25, 0.3) is 0 Å². The second-order valence-corrected chi connectivity index (χ2v) is 6.36. The number of hydrogen-bond donors (Lipinski definition) is 1. The molecule has 0 aliphatic heterocycles. The van der Waals surface area contributed by atoms with Gasteiger partial charge in [-0.3, -0.25) is 0 Å². The molecule has 0 amide bonds. The summed E-state index contributed by atoms with van der Waals surface area (Å²) in [4.78, 5) is 4.82. The van der Waals surface area contributed by atoms with Crippen molar-refractivity contribution in [2.45, 2.75) is 51.5 Å². The van der Waals surface area contributed by atoms with E-state index >= 15 is 0 Å². The SMILES string of the molecule is NCc1ccn2c3c(nc2c1)CCC1(CCCC1)C3. The highest BCUT2D eigenvalue weighted by Crippen LogP contribution is 2.47. The van der Waals surface area contributed by atoms with Crippen molar-refractivity contribution < 1.29 is 0 Å². The monoisotopic (exact) mass is 255 g/mol. The molecule has 100 valence electrons. The van der Waals surface area contributed by atoms with Crippen LogP contribution in [0.3, 0.4) is 0 Å². The van der Waals surface area contributed by atoms with Gasteiger partial charge >= 0.3 is 0 Å². The average molecular weight is 255 g/mol. The highest BCUT2D eigenvalue weighted by Gasteiger charge is 2.38. The van der Waals surface area contributed by atoms with Gasteiger partial charge < -0.3 is 10.1 Å². The van der Waals surface area contributed by atoms with Gasteiger partial charge in [0.1, 0.15) is 5.65 Å². The number of hydrogen-bond acceptors (Lipinski definition) is 2. The molecule has 3 heteroatoms. The molecule has 2 aromatic heterocycles. The molecule has 0 radical (unpaired) electrons. The van der Waals surface area contributed by atoms with Crippen molar-refractivity contribution in [1.29, 1.82) is 0 Å². The Hall–Kier alpha value is -1.35. The maximum absolute atomic E-state index is 5.72. The number of nitrogens with two attached hydrogens (primary N) is 1. The van der Waals surface area contributed by atoms with Crippen LogP contribution < -0.4 is 5.73 Å². The van der Waals surface area contributed by atoms with Crippen LogP contribution in [0.4, 0.5) is 0 Å². The van der Waals surface area contributed by atoms with E-state index in [0.717, 1.165) is 12.1 Å². The maximum Gasteiger partial charge on any atom is 0.137 e. The molecule has 1 saturated carbocycles. The van der Waals surface area contributed by atoms with E-state index in [9.17, 15) is 0 Å². The molecular weight excluding hydrogens is 234 g/mol. The van der Waals surface area contributed by atoms with E-state index in [4.69, 9.17) is 10.7 Å². The lowest BCUT2D eigenvalue weighted by Crippen LogP contribution is -2.26. The van der Waals surface area contributed by atoms with Crippen molar-refractivity contribution in [2.24, 2.45) is 11.1 Å². The van der Waals surface area contributed by atoms with Crippen LogP contribution in [-0.4, -0.2) is 9.38 Å². The number of aromatic nitrogens is 2. The normalized spacial score (nSPS) is 21.1. The number of imidazole rings is 1. The summed E-state index contributed by atoms with van der Waals surface area (Å²) in [6.07, 6.45) is 11.6. The van der Waals surface area contributed by atoms with Crippen molar-refractivity contribution in [3.05, 3.63) is 35.3 Å². The number of rotatable bonds is 1. The molecule has 2 aromatic rings. The molecule has 1 fully saturated rings. The number of fused-ring (bicyclic) bond motifs is 3. The Balaban J connectivity index is 1.81. The second kappa shape index (κ2) is 4.07. The van der Waals surface area contributed by atoms with Crippen molar-refractivity contribution >= 4 is 5.65 Å². The van der Waals surface area contributed by atoms with Gasteiger partial charge in [-0.1, -0.05) is 12.8 Å². The molecule has 0 unspecified atom stereocenters. The standard InChI is InChI=1S/C16H21N3/c17-11-12-4-8-19-14-10-16(5-1-2-6-16)7-3-13(14)18-15(19)9-12/h4,8-9H,1-3,5-7,10-11,17H2. The number of pyridine rings is 1. The van der Waals surface area contributed by atoms with Crippen LogP contribution in [-0.2, 0) is 19.4 Å². The Bertz CT molecular complexity index is 620. The van der Waals surface area contributed by atoms with Crippen LogP contribution in [0.25, 0.3) is 5.65 Å². The van der Waals surface area contributed by atoms with E-state index < -0.39 is 0 Å². The molecular formula is C16H21N3. The molecule has 19 heavy (non-hydrogen) atoms. The third-order valence-corrected chi connectivity index (χ3v) is 5.21. The Morgan fingerprint density at radius 3 is 2.89 bits per heavy atom. The van der Waals surface area contributed by atoms with E-state index in [-0.39, 0.29) is 0 Å². The molecule has 4 rings (SSSR count). The lowest BCUT2D eigenvalue weighted by atomic mass is 9.73. The van der Waals surface area contributed by atoms with E-state index in [1.807, 2.05) is 0 Å². The maximum atomic E-state index is 5.72. The molecule has 2 N–H and O–H groups in total. The van der Waals surface area contributed by atoms with Crippen molar-refractivity contribution in [3.63, 3.8) is 0 Å². The van der Waals surface area contributed by atoms with Gasteiger partial charge in [0.2, 0.25) is 0 Å². The summed E-state index contributed by atoms with van der Waals surface area (Å²) in [6, 6.07) is 4.27. The fraction of sp³-hybridized carbons (Fsp3) is 0.562. The summed E-state index contributed by atoms with van der Waals surface area (Å²) < 4.78 is 2.30. The summed E-state index contributed by atoms with van der Waals surface area (Å²) in [5.41, 5.74) is 11.4. The van der Waals surface area contributed by atoms with Crippen LogP contribution in [0.2, 0.25) is 0 Å². The topological polar surface area (TPSA) is 43.3 Å². The van der Waals surface area contributed by atoms with E-state index in [1.165, 1.54) is 55.5 Å². The van der Waals surface area contributed by atoms with Gasteiger partial charge in [-0.15, -0.1) is 0 Å². The Morgan fingerprint density at radius 1 is 1.26 bits per heavy atom. The smallest absolute Gasteiger partial charge is 0.137 e. The highest BCUT2D eigenvalue weighted by atomic mass is 15.0. The van der Waals surface area contributed by atoms with Crippen LogP contribution in [0, 0.1) is 5.41 Å². The molecule has 2 aliphatic carbocycles. The molecule has 0 atom stereocenters. The van der Waals surface area contributed by atoms with Gasteiger partial charge in [0.15, 0.2) is 0 Å². The van der Waals surface area contributed by atoms with Crippen LogP contribution in [0.1, 0.15) is 49.1 Å². The fourth-order valence-corrected chi connectivity index (χ4v) is 4.08. The molecule has 0 bridgehead atoms. The Labute approximate surface area is 113 Å². The largest absolute Gasteiger partial charge is 0.326 e. The Morgan fingerprint density at radius 2 is 2.11 bits per heavy atom. The first-order valence-electron chi connectivity index (χ1n) is 7.49. The number of aryl methyl sites for hydroxylation is 1. The van der Waals surface area contributed by atoms with E-state index in [1.54, 1.807) is 0 Å². The first kappa shape index (κ1) is 11.5. The van der Waals surface area contributed by atoms with E-state index in [2.05, 4.69) is 22.7 Å². The zero-order valence-corrected chi connectivity index (χ0v) is 11.4. The Kier molecular flexibility index (Phi) is 2.46. The van der Waals surface area contributed by atoms with Crippen LogP contribution in [0.5, 0.6) is 0 Å². The second-order valence-electron chi connectivity index (χ2n) is 6.36. The van der Waals surface area contributed by atoms with Gasteiger partial charge in [0.05, 0.1) is 5.69 Å². The van der Waals surface area contributed by atoms with Gasteiger partial charge in [-0.25, -0.2) is 4.98 Å². The van der Waals surface area contributed by atoms with Crippen molar-refractivity contribution in [2.75, 3.05) is 0 Å². The van der Waals surface area contributed by atoms with Gasteiger partial charge in [0, 0.05) is 18.4 Å². The molecule has 2 aliphatic rings. The first-order valence-corrected chi connectivity index (χ1v) is 7.49. The summed E-state index contributed by atoms with van der Waals surface area (Å²) >= 11 is 0. The van der Waals surface area contributed by atoms with Crippen LogP contribution >= 0.6 is 0 Å². The van der Waals surface area contributed by atoms with Gasteiger partial charge in [-0.05, 0) is 55.2 Å². The first-order chi connectivity index (χ1) is 9.30. The van der Waals surface area contributed by atoms with Crippen LogP contribution in [0.15, 0.2) is 18.3 Å². The van der Waals surface area contributed by atoms with Gasteiger partial charge in [-0.2, -0.15) is 0 Å². The quantitative estimate of drug-likeness (QED) is 0.851. The summed E-state index contributed by atoms with van der Waals surface area (Å²) in [5.74, 6) is 0. The third-order valence-electron chi connectivity index (χ3n) is 5.21. The van der Waals surface area contributed by atoms with E-state index in [0.29, 0.717) is 12.0 Å². The zero-order chi connectivity index (χ0) is 12.9. The predicted octanol–water partition coefficient (Wildman–Crippen LogP) is 2.84. The molecule has 2 heterocycles. The molecule has 1 spiro atoms.